The van der Waals surface area contributed by atoms with Gasteiger partial charge in [0.2, 0.25) is 5.89 Å². The van der Waals surface area contributed by atoms with E-state index in [0.717, 1.165) is 12.1 Å². The number of alkyl halides is 3. The van der Waals surface area contributed by atoms with E-state index in [0.29, 0.717) is 11.3 Å². The van der Waals surface area contributed by atoms with E-state index in [2.05, 4.69) is 15.2 Å². The highest BCUT2D eigenvalue weighted by atomic mass is 32.2. The molecule has 0 spiro atoms. The number of carbonyl (C=O) groups is 2. The molecule has 1 aromatic carbocycles. The van der Waals surface area contributed by atoms with Crippen molar-refractivity contribution in [3.05, 3.63) is 40.3 Å². The molecule has 31 heavy (non-hydrogen) atoms. The molecule has 17 heteroatoms. The fourth-order valence-corrected chi connectivity index (χ4v) is 3.41. The van der Waals surface area contributed by atoms with Crippen molar-refractivity contribution in [3.8, 4) is 0 Å². The van der Waals surface area contributed by atoms with Gasteiger partial charge in [0.1, 0.15) is 12.4 Å². The van der Waals surface area contributed by atoms with Crippen LogP contribution in [-0.2, 0) is 16.8 Å². The molecule has 0 saturated heterocycles. The van der Waals surface area contributed by atoms with Gasteiger partial charge in [0.15, 0.2) is 5.01 Å². The van der Waals surface area contributed by atoms with E-state index in [9.17, 15) is 35.6 Å². The number of nitrogens with one attached hydrogen (secondary N) is 2. The molecule has 0 aliphatic heterocycles. The van der Waals surface area contributed by atoms with Crippen LogP contribution in [0.3, 0.4) is 0 Å². The van der Waals surface area contributed by atoms with Crippen LogP contribution in [0.15, 0.2) is 16.5 Å². The highest BCUT2D eigenvalue weighted by Crippen LogP contribution is 2.27. The maximum absolute atomic E-state index is 14.1. The molecule has 1 amide bonds. The van der Waals surface area contributed by atoms with Crippen LogP contribution >= 0.6 is 11.3 Å². The van der Waals surface area contributed by atoms with Crippen molar-refractivity contribution in [2.24, 2.45) is 5.14 Å². The number of benzene rings is 1. The summed E-state index contributed by atoms with van der Waals surface area (Å²) in [6.45, 7) is -2.11. The number of nitrogens with two attached hydrogens (primary N) is 1. The van der Waals surface area contributed by atoms with Gasteiger partial charge in [0, 0.05) is 6.07 Å². The van der Waals surface area contributed by atoms with Crippen LogP contribution in [0.4, 0.5) is 17.6 Å². The molecule has 0 fully saturated rings. The number of hydrogen-bond acceptors (Lipinski definition) is 9. The fraction of sp³-hybridized carbons (Fsp3) is 0.214. The molecule has 4 N–H and O–H groups in total. The third kappa shape index (κ3) is 5.78. The van der Waals surface area contributed by atoms with E-state index in [4.69, 9.17) is 9.56 Å². The predicted octanol–water partition coefficient (Wildman–Crippen LogP) is 0.635. The van der Waals surface area contributed by atoms with Crippen molar-refractivity contribution in [1.29, 1.82) is 0 Å². The van der Waals surface area contributed by atoms with Gasteiger partial charge < -0.3 is 9.73 Å². The average Bonchev–Trinajstić information content (AvgIpc) is 3.28. The number of rotatable bonds is 7. The molecule has 0 radical (unpaired) electrons. The summed E-state index contributed by atoms with van der Waals surface area (Å²) < 4.78 is 79.5. The van der Waals surface area contributed by atoms with Crippen molar-refractivity contribution in [3.63, 3.8) is 0 Å². The third-order valence-corrected chi connectivity index (χ3v) is 5.01. The predicted molar refractivity (Wildman–Crippen MR) is 95.6 cm³/mol. The van der Waals surface area contributed by atoms with Gasteiger partial charge in [-0.3, -0.25) is 9.59 Å². The number of hydrogen-bond donors (Lipinski definition) is 3. The van der Waals surface area contributed by atoms with Gasteiger partial charge in [0.05, 0.1) is 22.3 Å². The second-order valence-electron chi connectivity index (χ2n) is 5.81. The van der Waals surface area contributed by atoms with Gasteiger partial charge in [-0.25, -0.2) is 14.5 Å². The molecule has 0 aliphatic carbocycles. The lowest BCUT2D eigenvalue weighted by Gasteiger charge is -2.08. The number of halogens is 4. The molecule has 2 heterocycles. The molecular weight excluding hydrogens is 472 g/mol. The van der Waals surface area contributed by atoms with Crippen LogP contribution in [-0.4, -0.2) is 48.0 Å². The summed E-state index contributed by atoms with van der Waals surface area (Å²) in [7, 11) is -4.03. The molecule has 3 aromatic rings. The quantitative estimate of drug-likeness (QED) is 0.325. The maximum Gasteiger partial charge on any atom is 0.405 e. The Morgan fingerprint density at radius 2 is 1.94 bits per heavy atom. The zero-order valence-electron chi connectivity index (χ0n) is 14.9. The number of nitrogens with zero attached hydrogens (tertiary/aromatic N) is 3. The van der Waals surface area contributed by atoms with Gasteiger partial charge in [0.25, 0.3) is 27.8 Å². The first-order valence-corrected chi connectivity index (χ1v) is 10.3. The second kappa shape index (κ2) is 8.25. The summed E-state index contributed by atoms with van der Waals surface area (Å²) in [5, 5.41) is 13.0. The van der Waals surface area contributed by atoms with Gasteiger partial charge in [-0.05, 0) is 6.07 Å². The minimum absolute atomic E-state index is 0.0335. The Labute approximate surface area is 173 Å². The Morgan fingerprint density at radius 1 is 1.23 bits per heavy atom. The van der Waals surface area contributed by atoms with Crippen molar-refractivity contribution < 1.29 is 40.0 Å². The Balaban J connectivity index is 1.82. The minimum Gasteiger partial charge on any atom is -0.417 e. The summed E-state index contributed by atoms with van der Waals surface area (Å²) in [5.41, 5.74) is -0.692. The van der Waals surface area contributed by atoms with Gasteiger partial charge in [-0.1, -0.05) is 0 Å². The van der Waals surface area contributed by atoms with E-state index < -0.39 is 58.4 Å². The van der Waals surface area contributed by atoms with Crippen molar-refractivity contribution in [2.75, 3.05) is 6.54 Å². The minimum atomic E-state index is -4.67. The lowest BCUT2D eigenvalue weighted by molar-refractivity contribution is -0.123. The lowest BCUT2D eigenvalue weighted by atomic mass is 10.2. The molecule has 0 unspecified atom stereocenters. The summed E-state index contributed by atoms with van der Waals surface area (Å²) in [6, 6.07) is 1.75. The second-order valence-corrected chi connectivity index (χ2v) is 8.22. The van der Waals surface area contributed by atoms with Crippen LogP contribution in [0.25, 0.3) is 10.2 Å². The number of carbonyl (C=O) groups excluding carboxylic acids is 2. The van der Waals surface area contributed by atoms with E-state index in [1.165, 1.54) is 0 Å². The highest BCUT2D eigenvalue weighted by molar-refractivity contribution is 7.87. The molecule has 2 aromatic heterocycles. The van der Waals surface area contributed by atoms with Gasteiger partial charge in [-0.15, -0.1) is 21.5 Å². The Bertz CT molecular complexity index is 1270. The first kappa shape index (κ1) is 22.7. The van der Waals surface area contributed by atoms with Crippen LogP contribution in [0, 0.1) is 5.82 Å². The normalized spacial score (nSPS) is 12.3. The first-order chi connectivity index (χ1) is 14.3. The topological polar surface area (TPSA) is 170 Å². The number of ketones is 1. The summed E-state index contributed by atoms with van der Waals surface area (Å²) in [4.78, 5) is 28.2. The van der Waals surface area contributed by atoms with Crippen molar-refractivity contribution in [1.82, 2.24) is 25.2 Å². The average molecular weight is 482 g/mol. The fourth-order valence-electron chi connectivity index (χ4n) is 2.17. The SMILES string of the molecule is NS(=O)(=O)NCc1nnc(C(=O)c2nc3cc(F)c(C(=O)NCC(F)(F)F)cc3s2)o1. The van der Waals surface area contributed by atoms with Crippen LogP contribution in [0.2, 0.25) is 0 Å². The monoisotopic (exact) mass is 482 g/mol. The highest BCUT2D eigenvalue weighted by Gasteiger charge is 2.29. The summed E-state index contributed by atoms with van der Waals surface area (Å²) in [6.07, 6.45) is -4.67. The molecule has 0 atom stereocenters. The van der Waals surface area contributed by atoms with E-state index in [-0.39, 0.29) is 21.1 Å². The first-order valence-electron chi connectivity index (χ1n) is 7.92. The molecule has 0 saturated carbocycles. The van der Waals surface area contributed by atoms with Crippen molar-refractivity contribution in [2.45, 2.75) is 12.7 Å². The number of thiazole rings is 1. The van der Waals surface area contributed by atoms with E-state index in [1.807, 2.05) is 4.72 Å². The van der Waals surface area contributed by atoms with Crippen LogP contribution in [0.1, 0.15) is 31.9 Å². The molecular formula is C14H10F4N6O5S2. The maximum atomic E-state index is 14.1. The standard InChI is InChI=1S/C14H10F4N6O5S2/c15-6-2-7-8(1-5(6)11(26)20-4-14(16,17)18)30-13(22-7)10(25)12-24-23-9(29-12)3-21-31(19,27)28/h1-2,21H,3-4H2,(H,20,26)(H2,19,27,28). The Kier molecular flexibility index (Phi) is 6.03. The van der Waals surface area contributed by atoms with E-state index in [1.54, 1.807) is 5.32 Å². The molecule has 3 rings (SSSR count). The summed E-state index contributed by atoms with van der Waals surface area (Å²) in [5.74, 6) is -4.12. The zero-order chi connectivity index (χ0) is 23.0. The smallest absolute Gasteiger partial charge is 0.405 e. The number of amides is 1. The third-order valence-electron chi connectivity index (χ3n) is 3.45. The molecule has 166 valence electrons. The number of fused-ring (bicyclic) bond motifs is 1. The van der Waals surface area contributed by atoms with Crippen molar-refractivity contribution >= 4 is 43.5 Å². The van der Waals surface area contributed by atoms with E-state index >= 15 is 0 Å². The molecule has 11 nitrogen and oxygen atoms in total. The Hall–Kier alpha value is -3.02. The number of aromatic nitrogens is 3. The molecule has 0 bridgehead atoms. The Morgan fingerprint density at radius 3 is 2.58 bits per heavy atom. The van der Waals surface area contributed by atoms with Gasteiger partial charge >= 0.3 is 6.18 Å². The lowest BCUT2D eigenvalue weighted by Crippen LogP contribution is -2.34. The largest absolute Gasteiger partial charge is 0.417 e. The van der Waals surface area contributed by atoms with Gasteiger partial charge in [-0.2, -0.15) is 26.3 Å². The zero-order valence-corrected chi connectivity index (χ0v) is 16.5. The van der Waals surface area contributed by atoms with Crippen LogP contribution < -0.4 is 15.2 Å². The molecule has 0 aliphatic rings. The van der Waals surface area contributed by atoms with Crippen LogP contribution in [0.5, 0.6) is 0 Å². The summed E-state index contributed by atoms with van der Waals surface area (Å²) >= 11 is 0.702.